The van der Waals surface area contributed by atoms with E-state index in [0.717, 1.165) is 51.1 Å². The van der Waals surface area contributed by atoms with Gasteiger partial charge in [0.25, 0.3) is 0 Å². The Kier molecular flexibility index (Phi) is 6.56. The number of unbranched alkanes of at least 4 members (excludes halogenated alkanes) is 1. The van der Waals surface area contributed by atoms with Gasteiger partial charge in [0.15, 0.2) is 0 Å². The third kappa shape index (κ3) is 4.66. The lowest BCUT2D eigenvalue weighted by Crippen LogP contribution is -2.44. The smallest absolute Gasteiger partial charge is 0.239 e. The Labute approximate surface area is 106 Å². The highest BCUT2D eigenvalue weighted by Crippen LogP contribution is 2.20. The van der Waals surface area contributed by atoms with Crippen LogP contribution in [0, 0.1) is 5.92 Å². The molecule has 0 aliphatic carbocycles. The third-order valence-electron chi connectivity index (χ3n) is 3.92. The van der Waals surface area contributed by atoms with Gasteiger partial charge >= 0.3 is 0 Å². The molecule has 1 aliphatic rings. The fourth-order valence-corrected chi connectivity index (χ4v) is 2.58. The summed E-state index contributed by atoms with van der Waals surface area (Å²) in [5, 5.41) is 0. The summed E-state index contributed by atoms with van der Waals surface area (Å²) < 4.78 is 0. The van der Waals surface area contributed by atoms with Crippen molar-refractivity contribution >= 4 is 5.91 Å². The molecule has 1 amide bonds. The summed E-state index contributed by atoms with van der Waals surface area (Å²) in [5.41, 5.74) is 5.96. The van der Waals surface area contributed by atoms with Gasteiger partial charge in [-0.25, -0.2) is 0 Å². The number of likely N-dealkylation sites (tertiary alicyclic amines) is 1. The first kappa shape index (κ1) is 14.5. The lowest BCUT2D eigenvalue weighted by molar-refractivity contribution is -0.132. The fourth-order valence-electron chi connectivity index (χ4n) is 2.58. The van der Waals surface area contributed by atoms with E-state index in [1.807, 2.05) is 4.90 Å². The summed E-state index contributed by atoms with van der Waals surface area (Å²) in [6.45, 7) is 6.20. The van der Waals surface area contributed by atoms with Gasteiger partial charge in [-0.1, -0.05) is 33.1 Å². The van der Waals surface area contributed by atoms with Crippen molar-refractivity contribution in [3.05, 3.63) is 0 Å². The van der Waals surface area contributed by atoms with Crippen LogP contribution >= 0.6 is 0 Å². The maximum atomic E-state index is 12.2. The van der Waals surface area contributed by atoms with Crippen molar-refractivity contribution in [1.29, 1.82) is 0 Å². The Balaban J connectivity index is 2.40. The highest BCUT2D eigenvalue weighted by atomic mass is 16.2. The molecule has 1 rings (SSSR count). The molecule has 0 bridgehead atoms. The van der Waals surface area contributed by atoms with Crippen LogP contribution in [0.25, 0.3) is 0 Å². The van der Waals surface area contributed by atoms with E-state index < -0.39 is 0 Å². The van der Waals surface area contributed by atoms with Crippen molar-refractivity contribution in [2.75, 3.05) is 13.1 Å². The van der Waals surface area contributed by atoms with E-state index in [1.54, 1.807) is 0 Å². The van der Waals surface area contributed by atoms with Crippen molar-refractivity contribution < 1.29 is 4.79 Å². The standard InChI is InChI=1S/C14H28N2O/c1-3-5-8-13(15)14(17)16-10-6-7-12(4-2)9-11-16/h12-13H,3-11,15H2,1-2H3. The van der Waals surface area contributed by atoms with Gasteiger partial charge in [-0.2, -0.15) is 0 Å². The molecule has 0 spiro atoms. The second kappa shape index (κ2) is 7.70. The minimum absolute atomic E-state index is 0.176. The average molecular weight is 240 g/mol. The zero-order valence-corrected chi connectivity index (χ0v) is 11.5. The van der Waals surface area contributed by atoms with Crippen LogP contribution in [-0.4, -0.2) is 29.9 Å². The normalized spacial score (nSPS) is 23.2. The minimum atomic E-state index is -0.270. The van der Waals surface area contributed by atoms with Gasteiger partial charge in [-0.3, -0.25) is 4.79 Å². The molecule has 1 heterocycles. The molecule has 0 aromatic rings. The number of rotatable bonds is 5. The molecule has 3 heteroatoms. The Morgan fingerprint density at radius 3 is 2.76 bits per heavy atom. The van der Waals surface area contributed by atoms with Crippen LogP contribution in [0.2, 0.25) is 0 Å². The van der Waals surface area contributed by atoms with E-state index in [1.165, 1.54) is 12.8 Å². The monoisotopic (exact) mass is 240 g/mol. The molecule has 0 aromatic heterocycles. The van der Waals surface area contributed by atoms with Crippen molar-refractivity contribution in [3.63, 3.8) is 0 Å². The Morgan fingerprint density at radius 1 is 1.35 bits per heavy atom. The molecular formula is C14H28N2O. The highest BCUT2D eigenvalue weighted by Gasteiger charge is 2.23. The van der Waals surface area contributed by atoms with Gasteiger partial charge in [0, 0.05) is 13.1 Å². The van der Waals surface area contributed by atoms with Gasteiger partial charge in [0.2, 0.25) is 5.91 Å². The van der Waals surface area contributed by atoms with E-state index in [4.69, 9.17) is 5.73 Å². The van der Waals surface area contributed by atoms with Crippen molar-refractivity contribution in [2.45, 2.75) is 64.8 Å². The molecule has 3 nitrogen and oxygen atoms in total. The predicted octanol–water partition coefficient (Wildman–Crippen LogP) is 2.54. The predicted molar refractivity (Wildman–Crippen MR) is 71.7 cm³/mol. The van der Waals surface area contributed by atoms with Gasteiger partial charge in [0.05, 0.1) is 6.04 Å². The minimum Gasteiger partial charge on any atom is -0.341 e. The topological polar surface area (TPSA) is 46.3 Å². The van der Waals surface area contributed by atoms with E-state index in [9.17, 15) is 4.79 Å². The molecule has 100 valence electrons. The number of carbonyl (C=O) groups is 1. The van der Waals surface area contributed by atoms with Crippen LogP contribution in [0.4, 0.5) is 0 Å². The SMILES string of the molecule is CCCCC(N)C(=O)N1CCCC(CC)CC1. The van der Waals surface area contributed by atoms with Crippen LogP contribution in [0.15, 0.2) is 0 Å². The van der Waals surface area contributed by atoms with Crippen LogP contribution in [0.1, 0.15) is 58.8 Å². The number of amides is 1. The van der Waals surface area contributed by atoms with E-state index >= 15 is 0 Å². The molecule has 2 unspecified atom stereocenters. The maximum Gasteiger partial charge on any atom is 0.239 e. The molecule has 2 N–H and O–H groups in total. The number of nitrogens with two attached hydrogens (primary N) is 1. The summed E-state index contributed by atoms with van der Waals surface area (Å²) in [6, 6.07) is -0.270. The first-order chi connectivity index (χ1) is 8.19. The molecule has 2 atom stereocenters. The quantitative estimate of drug-likeness (QED) is 0.802. The lowest BCUT2D eigenvalue weighted by Gasteiger charge is -2.24. The molecular weight excluding hydrogens is 212 g/mol. The zero-order valence-electron chi connectivity index (χ0n) is 11.5. The Hall–Kier alpha value is -0.570. The number of nitrogens with zero attached hydrogens (tertiary/aromatic N) is 1. The van der Waals surface area contributed by atoms with Crippen LogP contribution in [0.5, 0.6) is 0 Å². The van der Waals surface area contributed by atoms with Crippen LogP contribution < -0.4 is 5.73 Å². The zero-order chi connectivity index (χ0) is 12.7. The number of carbonyl (C=O) groups excluding carboxylic acids is 1. The third-order valence-corrected chi connectivity index (χ3v) is 3.92. The molecule has 1 saturated heterocycles. The molecule has 1 aliphatic heterocycles. The number of hydrogen-bond acceptors (Lipinski definition) is 2. The van der Waals surface area contributed by atoms with Gasteiger partial charge < -0.3 is 10.6 Å². The number of hydrogen-bond donors (Lipinski definition) is 1. The Bertz CT molecular complexity index is 230. The molecule has 0 radical (unpaired) electrons. The molecule has 0 saturated carbocycles. The van der Waals surface area contributed by atoms with Crippen molar-refractivity contribution in [1.82, 2.24) is 4.90 Å². The first-order valence-electron chi connectivity index (χ1n) is 7.23. The van der Waals surface area contributed by atoms with E-state index in [2.05, 4.69) is 13.8 Å². The molecule has 0 aromatic carbocycles. The summed E-state index contributed by atoms with van der Waals surface area (Å²) in [7, 11) is 0. The average Bonchev–Trinajstić information content (AvgIpc) is 2.60. The summed E-state index contributed by atoms with van der Waals surface area (Å²) in [5.74, 6) is 0.981. The van der Waals surface area contributed by atoms with Crippen molar-refractivity contribution in [3.8, 4) is 0 Å². The fraction of sp³-hybridized carbons (Fsp3) is 0.929. The summed E-state index contributed by atoms with van der Waals surface area (Å²) >= 11 is 0. The van der Waals surface area contributed by atoms with Gasteiger partial charge in [-0.05, 0) is 31.6 Å². The Morgan fingerprint density at radius 2 is 2.12 bits per heavy atom. The van der Waals surface area contributed by atoms with Gasteiger partial charge in [0.1, 0.15) is 0 Å². The van der Waals surface area contributed by atoms with Crippen LogP contribution in [-0.2, 0) is 4.79 Å². The molecule has 1 fully saturated rings. The van der Waals surface area contributed by atoms with Gasteiger partial charge in [-0.15, -0.1) is 0 Å². The van der Waals surface area contributed by atoms with E-state index in [-0.39, 0.29) is 11.9 Å². The molecule has 17 heavy (non-hydrogen) atoms. The second-order valence-electron chi connectivity index (χ2n) is 5.28. The van der Waals surface area contributed by atoms with Crippen LogP contribution in [0.3, 0.4) is 0 Å². The van der Waals surface area contributed by atoms with E-state index in [0.29, 0.717) is 0 Å². The summed E-state index contributed by atoms with van der Waals surface area (Å²) in [4.78, 5) is 14.1. The first-order valence-corrected chi connectivity index (χ1v) is 7.23. The van der Waals surface area contributed by atoms with Crippen molar-refractivity contribution in [2.24, 2.45) is 11.7 Å². The largest absolute Gasteiger partial charge is 0.341 e. The second-order valence-corrected chi connectivity index (χ2v) is 5.28. The lowest BCUT2D eigenvalue weighted by atomic mass is 9.98. The maximum absolute atomic E-state index is 12.2. The summed E-state index contributed by atoms with van der Waals surface area (Å²) in [6.07, 6.45) is 7.81. The highest BCUT2D eigenvalue weighted by molar-refractivity contribution is 5.81.